The molecule has 0 radical (unpaired) electrons. The van der Waals surface area contributed by atoms with Gasteiger partial charge < -0.3 is 14.2 Å². The van der Waals surface area contributed by atoms with Crippen LogP contribution < -0.4 is 0 Å². The highest BCUT2D eigenvalue weighted by Gasteiger charge is 2.19. The van der Waals surface area contributed by atoms with Gasteiger partial charge >= 0.3 is 0 Å². The fourth-order valence-corrected chi connectivity index (χ4v) is 3.43. The number of imidazole rings is 1. The molecule has 2 fully saturated rings. The number of nitrogens with zero attached hydrogens (tertiary/aromatic N) is 4. The first kappa shape index (κ1) is 19.1. The van der Waals surface area contributed by atoms with Crippen LogP contribution in [0.25, 0.3) is 11.2 Å². The molecule has 148 valence electrons. The summed E-state index contributed by atoms with van der Waals surface area (Å²) in [6, 6.07) is 0. The van der Waals surface area contributed by atoms with E-state index in [1.54, 1.807) is 6.33 Å². The van der Waals surface area contributed by atoms with Crippen molar-refractivity contribution in [2.45, 2.75) is 58.0 Å². The van der Waals surface area contributed by atoms with Gasteiger partial charge in [-0.2, -0.15) is 0 Å². The lowest BCUT2D eigenvalue weighted by Crippen LogP contribution is -2.22. The molecule has 7 nitrogen and oxygen atoms in total. The molecule has 2 aromatic heterocycles. The number of rotatable bonds is 4. The number of ether oxygens (including phenoxy) is 3. The minimum atomic E-state index is -0.0856. The summed E-state index contributed by atoms with van der Waals surface area (Å²) in [5, 5.41) is 0. The van der Waals surface area contributed by atoms with Gasteiger partial charge in [0.25, 0.3) is 0 Å². The molecule has 0 spiro atoms. The van der Waals surface area contributed by atoms with Gasteiger partial charge in [0.15, 0.2) is 11.9 Å². The normalized spacial score (nSPS) is 23.4. The average Bonchev–Trinajstić information content (AvgIpc) is 3.19. The molecule has 28 heavy (non-hydrogen) atoms. The molecule has 0 N–H and O–H groups in total. The van der Waals surface area contributed by atoms with Crippen LogP contribution in [-0.2, 0) is 14.2 Å². The highest BCUT2D eigenvalue weighted by Crippen LogP contribution is 2.25. The molecule has 0 bridgehead atoms. The number of hydrogen-bond donors (Lipinski definition) is 0. The Balaban J connectivity index is 1.44. The van der Waals surface area contributed by atoms with E-state index in [1.807, 2.05) is 17.6 Å². The summed E-state index contributed by atoms with van der Waals surface area (Å²) >= 11 is 0. The molecule has 2 saturated heterocycles. The Hall–Kier alpha value is -2.27. The maximum Gasteiger partial charge on any atom is 0.166 e. The third-order valence-electron chi connectivity index (χ3n) is 4.97. The van der Waals surface area contributed by atoms with Gasteiger partial charge in [0, 0.05) is 13.2 Å². The molecule has 2 atom stereocenters. The second-order valence-electron chi connectivity index (χ2n) is 7.23. The van der Waals surface area contributed by atoms with Crippen LogP contribution in [-0.4, -0.2) is 45.6 Å². The Morgan fingerprint density at radius 3 is 2.82 bits per heavy atom. The molecule has 2 aromatic rings. The maximum atomic E-state index is 5.85. The smallest absolute Gasteiger partial charge is 0.166 e. The Morgan fingerprint density at radius 1 is 1.18 bits per heavy atom. The first-order chi connectivity index (χ1) is 13.8. The van der Waals surface area contributed by atoms with Crippen LogP contribution in [0.4, 0.5) is 0 Å². The maximum absolute atomic E-state index is 5.85. The quantitative estimate of drug-likeness (QED) is 0.755. The molecular formula is C21H26N4O3. The van der Waals surface area contributed by atoms with Gasteiger partial charge in [0.1, 0.15) is 23.8 Å². The molecule has 7 heteroatoms. The van der Waals surface area contributed by atoms with Crippen molar-refractivity contribution in [1.29, 1.82) is 0 Å². The van der Waals surface area contributed by atoms with Gasteiger partial charge in [-0.15, -0.1) is 0 Å². The van der Waals surface area contributed by atoms with Gasteiger partial charge in [-0.25, -0.2) is 15.0 Å². The molecule has 0 aromatic carbocycles. The summed E-state index contributed by atoms with van der Waals surface area (Å²) in [4.78, 5) is 13.2. The van der Waals surface area contributed by atoms with Gasteiger partial charge in [-0.05, 0) is 63.0 Å². The van der Waals surface area contributed by atoms with Crippen molar-refractivity contribution in [3.8, 4) is 11.8 Å². The van der Waals surface area contributed by atoms with E-state index in [0.717, 1.165) is 63.0 Å². The van der Waals surface area contributed by atoms with Crippen molar-refractivity contribution in [3.63, 3.8) is 0 Å². The summed E-state index contributed by atoms with van der Waals surface area (Å²) < 4.78 is 19.2. The van der Waals surface area contributed by atoms with Crippen LogP contribution in [0, 0.1) is 11.8 Å². The zero-order valence-electron chi connectivity index (χ0n) is 16.3. The summed E-state index contributed by atoms with van der Waals surface area (Å²) in [5.41, 5.74) is 3.15. The zero-order chi connectivity index (χ0) is 19.2. The highest BCUT2D eigenvalue weighted by molar-refractivity contribution is 5.76. The average molecular weight is 382 g/mol. The van der Waals surface area contributed by atoms with Crippen LogP contribution in [0.5, 0.6) is 0 Å². The third kappa shape index (κ3) is 4.58. The first-order valence-electron chi connectivity index (χ1n) is 10.0. The lowest BCUT2D eigenvalue weighted by atomic mass is 10.2. The minimum absolute atomic E-state index is 0.00393. The van der Waals surface area contributed by atoms with Crippen molar-refractivity contribution in [2.24, 2.45) is 0 Å². The van der Waals surface area contributed by atoms with E-state index in [9.17, 15) is 0 Å². The second kappa shape index (κ2) is 9.28. The van der Waals surface area contributed by atoms with Crippen molar-refractivity contribution >= 4 is 11.2 Å². The van der Waals surface area contributed by atoms with Crippen molar-refractivity contribution in [3.05, 3.63) is 30.0 Å². The highest BCUT2D eigenvalue weighted by atomic mass is 16.7. The Labute approximate surface area is 165 Å². The first-order valence-corrected chi connectivity index (χ1v) is 10.0. The largest absolute Gasteiger partial charge is 0.358 e. The molecule has 2 unspecified atom stereocenters. The predicted molar refractivity (Wildman–Crippen MR) is 104 cm³/mol. The molecule has 0 saturated carbocycles. The fraction of sp³-hybridized carbons (Fsp3) is 0.571. The zero-order valence-corrected chi connectivity index (χ0v) is 16.3. The summed E-state index contributed by atoms with van der Waals surface area (Å²) in [7, 11) is 0. The lowest BCUT2D eigenvalue weighted by Gasteiger charge is -2.23. The number of hydrogen-bond acceptors (Lipinski definition) is 6. The lowest BCUT2D eigenvalue weighted by molar-refractivity contribution is -0.156. The monoisotopic (exact) mass is 382 g/mol. The van der Waals surface area contributed by atoms with E-state index in [4.69, 9.17) is 14.2 Å². The molecule has 0 amide bonds. The molecule has 2 aliphatic heterocycles. The van der Waals surface area contributed by atoms with E-state index in [1.165, 1.54) is 6.33 Å². The predicted octanol–water partition coefficient (Wildman–Crippen LogP) is 3.37. The van der Waals surface area contributed by atoms with Gasteiger partial charge in [0.2, 0.25) is 0 Å². The Bertz CT molecular complexity index is 884. The minimum Gasteiger partial charge on any atom is -0.358 e. The van der Waals surface area contributed by atoms with Gasteiger partial charge in [0.05, 0.1) is 12.9 Å². The van der Waals surface area contributed by atoms with E-state index >= 15 is 0 Å². The van der Waals surface area contributed by atoms with Crippen molar-refractivity contribution in [2.75, 3.05) is 19.8 Å². The Kier molecular flexibility index (Phi) is 6.32. The topological polar surface area (TPSA) is 71.3 Å². The standard InChI is InChI=1S/C21H26N4O3/c1-16(13-28-19-10-3-5-12-27-19)7-6-8-17-20-21(23-14-22-17)25(15-24-20)18-9-2-4-11-26-18/h7,14-15,18-19H,2-5,9-13H2,1H3/b16-7+. The molecule has 4 rings (SSSR count). The fourth-order valence-electron chi connectivity index (χ4n) is 3.43. The van der Waals surface area contributed by atoms with Crippen molar-refractivity contribution in [1.82, 2.24) is 19.5 Å². The number of allylic oxidation sites excluding steroid dienone is 1. The van der Waals surface area contributed by atoms with Crippen LogP contribution >= 0.6 is 0 Å². The number of fused-ring (bicyclic) bond motifs is 1. The second-order valence-corrected chi connectivity index (χ2v) is 7.23. The molecule has 4 heterocycles. The molecule has 2 aliphatic rings. The molecule has 0 aliphatic carbocycles. The summed E-state index contributed by atoms with van der Waals surface area (Å²) in [6.45, 7) is 4.09. The van der Waals surface area contributed by atoms with E-state index in [0.29, 0.717) is 17.8 Å². The van der Waals surface area contributed by atoms with E-state index in [-0.39, 0.29) is 12.5 Å². The van der Waals surface area contributed by atoms with Crippen LogP contribution in [0.2, 0.25) is 0 Å². The van der Waals surface area contributed by atoms with Crippen LogP contribution in [0.3, 0.4) is 0 Å². The SMILES string of the molecule is C/C(=C\C#Cc1ncnc2c1ncn2C1CCCCO1)COC1CCCCO1. The molecular weight excluding hydrogens is 356 g/mol. The summed E-state index contributed by atoms with van der Waals surface area (Å²) in [5.74, 6) is 6.16. The summed E-state index contributed by atoms with van der Waals surface area (Å²) in [6.07, 6.45) is 11.6. The van der Waals surface area contributed by atoms with Gasteiger partial charge in [-0.1, -0.05) is 5.92 Å². The van der Waals surface area contributed by atoms with E-state index < -0.39 is 0 Å². The van der Waals surface area contributed by atoms with Gasteiger partial charge in [-0.3, -0.25) is 4.57 Å². The van der Waals surface area contributed by atoms with Crippen molar-refractivity contribution < 1.29 is 14.2 Å². The third-order valence-corrected chi connectivity index (χ3v) is 4.97. The Morgan fingerprint density at radius 2 is 2.04 bits per heavy atom. The number of aromatic nitrogens is 4. The van der Waals surface area contributed by atoms with Crippen LogP contribution in [0.1, 0.15) is 57.4 Å². The van der Waals surface area contributed by atoms with E-state index in [2.05, 4.69) is 26.8 Å². The van der Waals surface area contributed by atoms with Crippen LogP contribution in [0.15, 0.2) is 24.3 Å².